The molecule has 1 heteroatoms. The average molecular weight is 252 g/mol. The highest BCUT2D eigenvalue weighted by atomic mass is 16.3. The standard InChI is InChI=1S/C18H20O/c1-2-13-7-9-14(10-8-13)11-18(19)17-12-15-5-3-4-6-16(15)17/h3-10,17-19H,2,11-12H2,1H3. The van der Waals surface area contributed by atoms with Gasteiger partial charge in [-0.3, -0.25) is 0 Å². The number of hydrogen-bond donors (Lipinski definition) is 1. The molecule has 1 aliphatic rings. The highest BCUT2D eigenvalue weighted by Gasteiger charge is 2.31. The molecule has 0 amide bonds. The summed E-state index contributed by atoms with van der Waals surface area (Å²) in [5.41, 5.74) is 5.31. The molecular weight excluding hydrogens is 232 g/mol. The third kappa shape index (κ3) is 2.43. The van der Waals surface area contributed by atoms with Gasteiger partial charge in [-0.05, 0) is 41.5 Å². The first-order valence-corrected chi connectivity index (χ1v) is 7.11. The minimum absolute atomic E-state index is 0.262. The lowest BCUT2D eigenvalue weighted by Crippen LogP contribution is -2.30. The summed E-state index contributed by atoms with van der Waals surface area (Å²) in [5, 5.41) is 10.4. The largest absolute Gasteiger partial charge is 0.392 e. The minimum atomic E-state index is -0.262. The monoisotopic (exact) mass is 252 g/mol. The molecule has 19 heavy (non-hydrogen) atoms. The summed E-state index contributed by atoms with van der Waals surface area (Å²) >= 11 is 0. The quantitative estimate of drug-likeness (QED) is 0.883. The van der Waals surface area contributed by atoms with Crippen molar-refractivity contribution in [1.29, 1.82) is 0 Å². The number of fused-ring (bicyclic) bond motifs is 1. The fraction of sp³-hybridized carbons (Fsp3) is 0.333. The van der Waals surface area contributed by atoms with Gasteiger partial charge in [0.1, 0.15) is 0 Å². The van der Waals surface area contributed by atoms with E-state index in [9.17, 15) is 5.11 Å². The number of benzene rings is 2. The van der Waals surface area contributed by atoms with E-state index in [-0.39, 0.29) is 6.10 Å². The normalized spacial score (nSPS) is 18.5. The van der Waals surface area contributed by atoms with Crippen molar-refractivity contribution in [3.05, 3.63) is 70.8 Å². The first kappa shape index (κ1) is 12.4. The second-order valence-corrected chi connectivity index (χ2v) is 5.45. The van der Waals surface area contributed by atoms with E-state index in [0.29, 0.717) is 5.92 Å². The van der Waals surface area contributed by atoms with Crippen molar-refractivity contribution in [2.24, 2.45) is 0 Å². The van der Waals surface area contributed by atoms with E-state index in [1.54, 1.807) is 0 Å². The smallest absolute Gasteiger partial charge is 0.0652 e. The Morgan fingerprint density at radius 1 is 1.05 bits per heavy atom. The van der Waals surface area contributed by atoms with Gasteiger partial charge in [0.2, 0.25) is 0 Å². The van der Waals surface area contributed by atoms with Gasteiger partial charge >= 0.3 is 0 Å². The summed E-state index contributed by atoms with van der Waals surface area (Å²) in [6.45, 7) is 2.16. The van der Waals surface area contributed by atoms with Crippen LogP contribution in [0.1, 0.15) is 35.1 Å². The third-order valence-corrected chi connectivity index (χ3v) is 4.23. The molecule has 3 rings (SSSR count). The molecule has 1 nitrogen and oxygen atoms in total. The molecule has 0 fully saturated rings. The Balaban J connectivity index is 1.67. The van der Waals surface area contributed by atoms with Crippen LogP contribution in [0.2, 0.25) is 0 Å². The van der Waals surface area contributed by atoms with Gasteiger partial charge in [-0.2, -0.15) is 0 Å². The zero-order valence-electron chi connectivity index (χ0n) is 11.3. The molecule has 0 bridgehead atoms. The second kappa shape index (κ2) is 5.18. The van der Waals surface area contributed by atoms with Crippen LogP contribution in [0.4, 0.5) is 0 Å². The van der Waals surface area contributed by atoms with E-state index in [1.807, 2.05) is 0 Å². The molecule has 0 aliphatic heterocycles. The predicted octanol–water partition coefficient (Wildman–Crippen LogP) is 3.49. The summed E-state index contributed by atoms with van der Waals surface area (Å²) in [7, 11) is 0. The SMILES string of the molecule is CCc1ccc(CC(O)C2Cc3ccccc32)cc1. The predicted molar refractivity (Wildman–Crippen MR) is 78.4 cm³/mol. The van der Waals surface area contributed by atoms with Gasteiger partial charge in [0, 0.05) is 5.92 Å². The van der Waals surface area contributed by atoms with Gasteiger partial charge in [0.05, 0.1) is 6.10 Å². The van der Waals surface area contributed by atoms with E-state index in [0.717, 1.165) is 19.3 Å². The lowest BCUT2D eigenvalue weighted by Gasteiger charge is -2.34. The Morgan fingerprint density at radius 3 is 2.42 bits per heavy atom. The molecular formula is C18H20O. The molecule has 0 heterocycles. The molecule has 0 aromatic heterocycles. The Hall–Kier alpha value is -1.60. The van der Waals surface area contributed by atoms with Crippen molar-refractivity contribution in [3.8, 4) is 0 Å². The number of aliphatic hydroxyl groups is 1. The topological polar surface area (TPSA) is 20.2 Å². The molecule has 2 unspecified atom stereocenters. The molecule has 0 saturated heterocycles. The number of rotatable bonds is 4. The second-order valence-electron chi connectivity index (χ2n) is 5.45. The lowest BCUT2D eigenvalue weighted by molar-refractivity contribution is 0.133. The summed E-state index contributed by atoms with van der Waals surface area (Å²) in [4.78, 5) is 0. The van der Waals surface area contributed by atoms with Crippen molar-refractivity contribution in [2.45, 2.75) is 38.2 Å². The van der Waals surface area contributed by atoms with Crippen LogP contribution in [0.15, 0.2) is 48.5 Å². The van der Waals surface area contributed by atoms with Crippen molar-refractivity contribution < 1.29 is 5.11 Å². The van der Waals surface area contributed by atoms with E-state index in [2.05, 4.69) is 55.5 Å². The van der Waals surface area contributed by atoms with Crippen molar-refractivity contribution in [3.63, 3.8) is 0 Å². The lowest BCUT2D eigenvalue weighted by atomic mass is 9.73. The van der Waals surface area contributed by atoms with Crippen LogP contribution in [0.25, 0.3) is 0 Å². The maximum absolute atomic E-state index is 10.4. The fourth-order valence-corrected chi connectivity index (χ4v) is 2.94. The van der Waals surface area contributed by atoms with Crippen LogP contribution in [0, 0.1) is 0 Å². The molecule has 0 radical (unpaired) electrons. The molecule has 2 aromatic carbocycles. The zero-order chi connectivity index (χ0) is 13.2. The molecule has 2 aromatic rings. The maximum atomic E-state index is 10.4. The Bertz CT molecular complexity index is 556. The van der Waals surface area contributed by atoms with Gasteiger partial charge in [-0.1, -0.05) is 55.5 Å². The molecule has 1 N–H and O–H groups in total. The fourth-order valence-electron chi connectivity index (χ4n) is 2.94. The van der Waals surface area contributed by atoms with Crippen molar-refractivity contribution >= 4 is 0 Å². The first-order valence-electron chi connectivity index (χ1n) is 7.11. The number of aryl methyl sites for hydroxylation is 1. The molecule has 0 spiro atoms. The number of aliphatic hydroxyl groups excluding tert-OH is 1. The highest BCUT2D eigenvalue weighted by Crippen LogP contribution is 2.38. The van der Waals surface area contributed by atoms with Crippen LogP contribution < -0.4 is 0 Å². The van der Waals surface area contributed by atoms with Gasteiger partial charge < -0.3 is 5.11 Å². The molecule has 0 saturated carbocycles. The average Bonchev–Trinajstić information content (AvgIpc) is 2.41. The van der Waals surface area contributed by atoms with Crippen molar-refractivity contribution in [1.82, 2.24) is 0 Å². The van der Waals surface area contributed by atoms with Crippen LogP contribution in [0.3, 0.4) is 0 Å². The van der Waals surface area contributed by atoms with Gasteiger partial charge in [-0.15, -0.1) is 0 Å². The van der Waals surface area contributed by atoms with Crippen LogP contribution in [0.5, 0.6) is 0 Å². The van der Waals surface area contributed by atoms with E-state index < -0.39 is 0 Å². The summed E-state index contributed by atoms with van der Waals surface area (Å²) < 4.78 is 0. The van der Waals surface area contributed by atoms with E-state index >= 15 is 0 Å². The van der Waals surface area contributed by atoms with E-state index in [1.165, 1.54) is 22.3 Å². The van der Waals surface area contributed by atoms with Crippen LogP contribution >= 0.6 is 0 Å². The maximum Gasteiger partial charge on any atom is 0.0652 e. The van der Waals surface area contributed by atoms with Gasteiger partial charge in [-0.25, -0.2) is 0 Å². The van der Waals surface area contributed by atoms with Gasteiger partial charge in [0.25, 0.3) is 0 Å². The minimum Gasteiger partial charge on any atom is -0.392 e. The molecule has 1 aliphatic carbocycles. The Labute approximate surface area is 114 Å². The Kier molecular flexibility index (Phi) is 3.39. The van der Waals surface area contributed by atoms with Crippen LogP contribution in [-0.2, 0) is 19.3 Å². The summed E-state index contributed by atoms with van der Waals surface area (Å²) in [6, 6.07) is 17.1. The zero-order valence-corrected chi connectivity index (χ0v) is 11.3. The highest BCUT2D eigenvalue weighted by molar-refractivity contribution is 5.41. The van der Waals surface area contributed by atoms with E-state index in [4.69, 9.17) is 0 Å². The Morgan fingerprint density at radius 2 is 1.74 bits per heavy atom. The van der Waals surface area contributed by atoms with Crippen molar-refractivity contribution in [2.75, 3.05) is 0 Å². The first-order chi connectivity index (χ1) is 9.28. The summed E-state index contributed by atoms with van der Waals surface area (Å²) in [6.07, 6.45) is 2.58. The van der Waals surface area contributed by atoms with Crippen LogP contribution in [-0.4, -0.2) is 11.2 Å². The number of hydrogen-bond acceptors (Lipinski definition) is 1. The molecule has 98 valence electrons. The third-order valence-electron chi connectivity index (χ3n) is 4.23. The summed E-state index contributed by atoms with van der Waals surface area (Å²) in [5.74, 6) is 0.321. The molecule has 2 atom stereocenters. The van der Waals surface area contributed by atoms with Gasteiger partial charge in [0.15, 0.2) is 0 Å².